The lowest BCUT2D eigenvalue weighted by Crippen LogP contribution is -2.47. The van der Waals surface area contributed by atoms with Crippen LogP contribution in [0.5, 0.6) is 0 Å². The number of nitrogens with one attached hydrogen (secondary N) is 1. The van der Waals surface area contributed by atoms with Crippen molar-refractivity contribution in [2.75, 3.05) is 0 Å². The molecule has 1 atom stereocenters. The maximum atomic E-state index is 10.8. The van der Waals surface area contributed by atoms with Crippen LogP contribution in [-0.2, 0) is 11.2 Å². The van der Waals surface area contributed by atoms with E-state index in [1.807, 2.05) is 6.07 Å². The molecule has 0 amide bonds. The van der Waals surface area contributed by atoms with Crippen molar-refractivity contribution < 1.29 is 19.9 Å². The summed E-state index contributed by atoms with van der Waals surface area (Å²) in [6.45, 7) is 0. The summed E-state index contributed by atoms with van der Waals surface area (Å²) in [6, 6.07) is 7.97. The number of carboxylic acids is 1. The average molecular weight is 209 g/mol. The van der Waals surface area contributed by atoms with E-state index in [-0.39, 0.29) is 6.42 Å². The van der Waals surface area contributed by atoms with E-state index >= 15 is 0 Å². The van der Waals surface area contributed by atoms with Crippen LogP contribution in [0.2, 0.25) is 0 Å². The van der Waals surface area contributed by atoms with E-state index in [0.29, 0.717) is 0 Å². The summed E-state index contributed by atoms with van der Waals surface area (Å²) in [5.41, 5.74) is 0.818. The molecule has 0 saturated carbocycles. The van der Waals surface area contributed by atoms with Gasteiger partial charge in [0, 0.05) is 0 Å². The van der Waals surface area contributed by atoms with Crippen LogP contribution in [0.15, 0.2) is 30.3 Å². The van der Waals surface area contributed by atoms with Gasteiger partial charge in [0.2, 0.25) is 0 Å². The van der Waals surface area contributed by atoms with Gasteiger partial charge in [0.25, 0.3) is 0 Å². The predicted molar refractivity (Wildman–Crippen MR) is 54.9 cm³/mol. The standard InChI is InChI=1S/C9H12BNO4/c12-9(13)8(11-10(14)15)6-7-4-2-1-3-5-7/h1-5,8,11,14-15H,6H2,(H,12,13). The Morgan fingerprint density at radius 1 is 1.33 bits per heavy atom. The number of hydrogen-bond donors (Lipinski definition) is 4. The molecule has 0 fully saturated rings. The molecular weight excluding hydrogens is 197 g/mol. The molecule has 0 saturated heterocycles. The molecule has 1 unspecified atom stereocenters. The number of aliphatic carboxylic acids is 1. The van der Waals surface area contributed by atoms with Crippen LogP contribution >= 0.6 is 0 Å². The van der Waals surface area contributed by atoms with Crippen LogP contribution in [0.1, 0.15) is 5.56 Å². The molecule has 0 aliphatic rings. The maximum absolute atomic E-state index is 10.8. The summed E-state index contributed by atoms with van der Waals surface area (Å²) in [6.07, 6.45) is 0.202. The second-order valence-corrected chi connectivity index (χ2v) is 3.12. The first-order valence-corrected chi connectivity index (χ1v) is 4.48. The lowest BCUT2D eigenvalue weighted by atomic mass is 10.0. The minimum Gasteiger partial charge on any atom is -0.480 e. The smallest absolute Gasteiger partial charge is 0.480 e. The van der Waals surface area contributed by atoms with Crippen LogP contribution < -0.4 is 5.23 Å². The molecule has 1 aromatic carbocycles. The van der Waals surface area contributed by atoms with Gasteiger partial charge in [-0.05, 0) is 12.0 Å². The number of benzene rings is 1. The number of carboxylic acid groups (broad SMARTS) is 1. The van der Waals surface area contributed by atoms with Gasteiger partial charge in [-0.2, -0.15) is 0 Å². The van der Waals surface area contributed by atoms with Gasteiger partial charge in [0.1, 0.15) is 6.04 Å². The van der Waals surface area contributed by atoms with Gasteiger partial charge in [-0.15, -0.1) is 0 Å². The molecule has 0 aliphatic carbocycles. The highest BCUT2D eigenvalue weighted by Gasteiger charge is 2.22. The third-order valence-corrected chi connectivity index (χ3v) is 1.93. The summed E-state index contributed by atoms with van der Waals surface area (Å²) in [7, 11) is -1.82. The van der Waals surface area contributed by atoms with Gasteiger partial charge < -0.3 is 15.2 Å². The largest absolute Gasteiger partial charge is 0.549 e. The van der Waals surface area contributed by atoms with Crippen molar-refractivity contribution in [2.45, 2.75) is 12.5 Å². The summed E-state index contributed by atoms with van der Waals surface area (Å²) < 4.78 is 0. The molecule has 5 nitrogen and oxygen atoms in total. The average Bonchev–Trinajstić information content (AvgIpc) is 2.17. The van der Waals surface area contributed by atoms with E-state index in [4.69, 9.17) is 15.2 Å². The van der Waals surface area contributed by atoms with E-state index in [1.54, 1.807) is 24.3 Å². The number of rotatable bonds is 5. The summed E-state index contributed by atoms with van der Waals surface area (Å²) in [5, 5.41) is 28.2. The molecule has 4 N–H and O–H groups in total. The van der Waals surface area contributed by atoms with Crippen molar-refractivity contribution in [2.24, 2.45) is 0 Å². The SMILES string of the molecule is O=C(O)C(Cc1ccccc1)NB(O)O. The minimum atomic E-state index is -1.82. The molecule has 80 valence electrons. The Morgan fingerprint density at radius 3 is 2.40 bits per heavy atom. The van der Waals surface area contributed by atoms with Crippen LogP contribution in [0.3, 0.4) is 0 Å². The molecule has 0 spiro atoms. The Labute approximate surface area is 87.5 Å². The fraction of sp³-hybridized carbons (Fsp3) is 0.222. The highest BCUT2D eigenvalue weighted by atomic mass is 16.4. The van der Waals surface area contributed by atoms with E-state index < -0.39 is 19.3 Å². The fourth-order valence-electron chi connectivity index (χ4n) is 1.25. The zero-order chi connectivity index (χ0) is 11.3. The first-order valence-electron chi connectivity index (χ1n) is 4.48. The Morgan fingerprint density at radius 2 is 1.93 bits per heavy atom. The fourth-order valence-corrected chi connectivity index (χ4v) is 1.25. The topological polar surface area (TPSA) is 89.8 Å². The van der Waals surface area contributed by atoms with E-state index in [9.17, 15) is 4.79 Å². The lowest BCUT2D eigenvalue weighted by Gasteiger charge is -2.13. The van der Waals surface area contributed by atoms with E-state index in [2.05, 4.69) is 5.23 Å². The molecular formula is C9H12BNO4. The molecule has 0 aliphatic heterocycles. The summed E-state index contributed by atoms with van der Waals surface area (Å²) >= 11 is 0. The van der Waals surface area contributed by atoms with Crippen LogP contribution in [-0.4, -0.2) is 34.4 Å². The molecule has 0 heterocycles. The van der Waals surface area contributed by atoms with Crippen molar-refractivity contribution >= 4 is 13.2 Å². The quantitative estimate of drug-likeness (QED) is 0.478. The highest BCUT2D eigenvalue weighted by Crippen LogP contribution is 2.03. The van der Waals surface area contributed by atoms with Gasteiger partial charge >= 0.3 is 13.2 Å². The second-order valence-electron chi connectivity index (χ2n) is 3.12. The van der Waals surface area contributed by atoms with Gasteiger partial charge in [-0.3, -0.25) is 10.0 Å². The Bertz CT molecular complexity index is 317. The lowest BCUT2D eigenvalue weighted by molar-refractivity contribution is -0.139. The second kappa shape index (κ2) is 5.50. The van der Waals surface area contributed by atoms with Crippen molar-refractivity contribution in [1.29, 1.82) is 0 Å². The number of hydrogen-bond acceptors (Lipinski definition) is 4. The third-order valence-electron chi connectivity index (χ3n) is 1.93. The van der Waals surface area contributed by atoms with Crippen LogP contribution in [0, 0.1) is 0 Å². The highest BCUT2D eigenvalue weighted by molar-refractivity contribution is 6.38. The maximum Gasteiger partial charge on any atom is 0.549 e. The minimum absolute atomic E-state index is 0.202. The predicted octanol–water partition coefficient (Wildman–Crippen LogP) is -0.759. The van der Waals surface area contributed by atoms with Crippen molar-refractivity contribution in [3.63, 3.8) is 0 Å². The zero-order valence-electron chi connectivity index (χ0n) is 8.00. The van der Waals surface area contributed by atoms with Crippen molar-refractivity contribution in [1.82, 2.24) is 5.23 Å². The normalized spacial score (nSPS) is 12.1. The Kier molecular flexibility index (Phi) is 4.29. The van der Waals surface area contributed by atoms with Crippen LogP contribution in [0.25, 0.3) is 0 Å². The first-order chi connectivity index (χ1) is 7.09. The van der Waals surface area contributed by atoms with Gasteiger partial charge in [-0.25, -0.2) is 0 Å². The van der Waals surface area contributed by atoms with Crippen molar-refractivity contribution in [3.05, 3.63) is 35.9 Å². The molecule has 6 heteroatoms. The molecule has 0 bridgehead atoms. The van der Waals surface area contributed by atoms with Gasteiger partial charge in [-0.1, -0.05) is 30.3 Å². The van der Waals surface area contributed by atoms with Gasteiger partial charge in [0.15, 0.2) is 0 Å². The van der Waals surface area contributed by atoms with Crippen molar-refractivity contribution in [3.8, 4) is 0 Å². The van der Waals surface area contributed by atoms with E-state index in [0.717, 1.165) is 5.56 Å². The monoisotopic (exact) mass is 209 g/mol. The Balaban J connectivity index is 2.63. The molecule has 1 aromatic rings. The first kappa shape index (κ1) is 11.7. The van der Waals surface area contributed by atoms with Gasteiger partial charge in [0.05, 0.1) is 0 Å². The summed E-state index contributed by atoms with van der Waals surface area (Å²) in [4.78, 5) is 10.8. The third kappa shape index (κ3) is 4.12. The molecule has 1 rings (SSSR count). The zero-order valence-corrected chi connectivity index (χ0v) is 8.00. The summed E-state index contributed by atoms with van der Waals surface area (Å²) in [5.74, 6) is -1.12. The number of carbonyl (C=O) groups is 1. The molecule has 15 heavy (non-hydrogen) atoms. The molecule has 0 radical (unpaired) electrons. The van der Waals surface area contributed by atoms with E-state index in [1.165, 1.54) is 0 Å². The molecule has 0 aromatic heterocycles. The Hall–Kier alpha value is -1.37. The van der Waals surface area contributed by atoms with Crippen LogP contribution in [0.4, 0.5) is 0 Å².